The molecule has 0 aliphatic rings. The molecular formula is C14H12O3. The topological polar surface area (TPSA) is 46.5 Å². The van der Waals surface area contributed by atoms with Crippen molar-refractivity contribution in [1.29, 1.82) is 0 Å². The van der Waals surface area contributed by atoms with Crippen LogP contribution in [0, 0.1) is 6.85 Å². The van der Waals surface area contributed by atoms with Crippen molar-refractivity contribution in [2.75, 3.05) is 0 Å². The van der Waals surface area contributed by atoms with E-state index >= 15 is 0 Å². The lowest BCUT2D eigenvalue weighted by Crippen LogP contribution is -2.08. The molecule has 3 heteroatoms. The predicted octanol–water partition coefficient (Wildman–Crippen LogP) is 2.92. The van der Waals surface area contributed by atoms with Gasteiger partial charge in [0.05, 0.1) is 5.56 Å². The molecular weight excluding hydrogens is 216 g/mol. The number of phenols is 1. The van der Waals surface area contributed by atoms with Crippen LogP contribution < -0.4 is 4.74 Å². The summed E-state index contributed by atoms with van der Waals surface area (Å²) >= 11 is 0. The van der Waals surface area contributed by atoms with Gasteiger partial charge in [-0.15, -0.1) is 0 Å². The van der Waals surface area contributed by atoms with Gasteiger partial charge in [0, 0.05) is 4.11 Å². The van der Waals surface area contributed by atoms with E-state index in [0.717, 1.165) is 6.07 Å². The molecule has 17 heavy (non-hydrogen) atoms. The number of hydrogen-bond acceptors (Lipinski definition) is 3. The highest BCUT2D eigenvalue weighted by Crippen LogP contribution is 2.22. The molecule has 0 saturated carbocycles. The molecule has 0 saturated heterocycles. The smallest absolute Gasteiger partial charge is 0.343 e. The number of carbonyl (C=O) groups is 1. The summed E-state index contributed by atoms with van der Waals surface area (Å²) in [5.41, 5.74) is 0.104. The summed E-state index contributed by atoms with van der Waals surface area (Å²) < 4.78 is 27.0. The zero-order valence-corrected chi connectivity index (χ0v) is 8.88. The molecule has 0 aliphatic carbocycles. The van der Waals surface area contributed by atoms with Crippen LogP contribution in [0.1, 0.15) is 20.0 Å². The van der Waals surface area contributed by atoms with E-state index in [9.17, 15) is 9.90 Å². The maximum absolute atomic E-state index is 11.8. The van der Waals surface area contributed by atoms with E-state index in [1.54, 1.807) is 30.3 Å². The van der Waals surface area contributed by atoms with Crippen molar-refractivity contribution in [3.63, 3.8) is 0 Å². The van der Waals surface area contributed by atoms with Crippen LogP contribution >= 0.6 is 0 Å². The number of esters is 1. The first kappa shape index (κ1) is 7.90. The molecule has 0 radical (unpaired) electrons. The second kappa shape index (κ2) is 4.70. The molecule has 0 aliphatic heterocycles. The van der Waals surface area contributed by atoms with Crippen LogP contribution in [0.4, 0.5) is 0 Å². The molecule has 0 spiro atoms. The third-order valence-corrected chi connectivity index (χ3v) is 2.19. The summed E-state index contributed by atoms with van der Waals surface area (Å²) in [7, 11) is 0. The fourth-order valence-corrected chi connectivity index (χ4v) is 1.32. The monoisotopic (exact) mass is 231 g/mol. The van der Waals surface area contributed by atoms with E-state index in [4.69, 9.17) is 8.85 Å². The van der Waals surface area contributed by atoms with Gasteiger partial charge in [-0.05, 0) is 42.7 Å². The maximum atomic E-state index is 11.8. The normalized spacial score (nSPS) is 13.3. The van der Waals surface area contributed by atoms with Crippen molar-refractivity contribution in [2.45, 2.75) is 6.85 Å². The van der Waals surface area contributed by atoms with Gasteiger partial charge in [0.25, 0.3) is 0 Å². The number of phenolic OH excluding ortho intramolecular Hbond substituents is 1. The Hall–Kier alpha value is -2.29. The van der Waals surface area contributed by atoms with Crippen LogP contribution in [-0.4, -0.2) is 11.1 Å². The Balaban J connectivity index is 2.25. The SMILES string of the molecule is [2H]C([2H])([2H])c1cc(OC(=O)c2ccccc2)ccc1O. The first-order valence-corrected chi connectivity index (χ1v) is 4.98. The molecule has 0 aromatic heterocycles. The number of rotatable bonds is 2. The average molecular weight is 231 g/mol. The van der Waals surface area contributed by atoms with E-state index in [1.165, 1.54) is 12.1 Å². The molecule has 0 bridgehead atoms. The van der Waals surface area contributed by atoms with Crippen LogP contribution in [0.2, 0.25) is 0 Å². The van der Waals surface area contributed by atoms with Gasteiger partial charge in [-0.3, -0.25) is 0 Å². The Morgan fingerprint density at radius 3 is 2.71 bits per heavy atom. The zero-order valence-electron chi connectivity index (χ0n) is 11.9. The molecule has 0 atom stereocenters. The van der Waals surface area contributed by atoms with Gasteiger partial charge in [0.1, 0.15) is 11.5 Å². The first-order chi connectivity index (χ1) is 9.38. The summed E-state index contributed by atoms with van der Waals surface area (Å²) in [4.78, 5) is 11.8. The van der Waals surface area contributed by atoms with Crippen molar-refractivity contribution in [2.24, 2.45) is 0 Å². The number of hydrogen-bond donors (Lipinski definition) is 1. The molecule has 2 rings (SSSR count). The van der Waals surface area contributed by atoms with Crippen LogP contribution in [0.3, 0.4) is 0 Å². The minimum atomic E-state index is -2.47. The number of carbonyl (C=O) groups excluding carboxylic acids is 1. The molecule has 2 aromatic rings. The highest BCUT2D eigenvalue weighted by atomic mass is 16.5. The Labute approximate surface area is 104 Å². The fourth-order valence-electron chi connectivity index (χ4n) is 1.32. The number of benzene rings is 2. The van der Waals surface area contributed by atoms with Gasteiger partial charge in [-0.2, -0.15) is 0 Å². The molecule has 3 nitrogen and oxygen atoms in total. The maximum Gasteiger partial charge on any atom is 0.343 e. The molecule has 86 valence electrons. The molecule has 2 aromatic carbocycles. The summed E-state index contributed by atoms with van der Waals surface area (Å²) in [5, 5.41) is 9.52. The number of ether oxygens (including phenoxy) is 1. The largest absolute Gasteiger partial charge is 0.508 e. The van der Waals surface area contributed by atoms with E-state index in [0.29, 0.717) is 5.56 Å². The summed E-state index contributed by atoms with van der Waals surface area (Å²) in [6.45, 7) is -2.47. The van der Waals surface area contributed by atoms with E-state index in [2.05, 4.69) is 0 Å². The van der Waals surface area contributed by atoms with E-state index in [-0.39, 0.29) is 17.1 Å². The molecule has 1 N–H and O–H groups in total. The molecule has 0 heterocycles. The van der Waals surface area contributed by atoms with E-state index < -0.39 is 12.8 Å². The van der Waals surface area contributed by atoms with E-state index in [1.807, 2.05) is 0 Å². The fraction of sp³-hybridized carbons (Fsp3) is 0.0714. The Bertz CT molecular complexity index is 621. The van der Waals surface area contributed by atoms with Gasteiger partial charge in [0.15, 0.2) is 0 Å². The number of aromatic hydroxyl groups is 1. The predicted molar refractivity (Wildman–Crippen MR) is 64.2 cm³/mol. The summed E-state index contributed by atoms with van der Waals surface area (Å²) in [6, 6.07) is 12.0. The van der Waals surface area contributed by atoms with Crippen molar-refractivity contribution < 1.29 is 18.8 Å². The van der Waals surface area contributed by atoms with Gasteiger partial charge in [-0.25, -0.2) is 4.79 Å². The van der Waals surface area contributed by atoms with Crippen LogP contribution in [0.25, 0.3) is 0 Å². The van der Waals surface area contributed by atoms with Crippen LogP contribution in [0.15, 0.2) is 48.5 Å². The molecule has 0 amide bonds. The Morgan fingerprint density at radius 2 is 2.00 bits per heavy atom. The first-order valence-electron chi connectivity index (χ1n) is 6.48. The van der Waals surface area contributed by atoms with Crippen molar-refractivity contribution in [3.8, 4) is 11.5 Å². The zero-order chi connectivity index (χ0) is 14.8. The Kier molecular flexibility index (Phi) is 2.18. The van der Waals surface area contributed by atoms with Crippen LogP contribution in [0.5, 0.6) is 11.5 Å². The third kappa shape index (κ3) is 2.64. The quantitative estimate of drug-likeness (QED) is 0.638. The highest BCUT2D eigenvalue weighted by molar-refractivity contribution is 5.90. The molecule has 0 unspecified atom stereocenters. The summed E-state index contributed by atoms with van der Waals surface area (Å²) in [6.07, 6.45) is 0. The van der Waals surface area contributed by atoms with Gasteiger partial charge < -0.3 is 9.84 Å². The van der Waals surface area contributed by atoms with Crippen molar-refractivity contribution in [3.05, 3.63) is 59.7 Å². The van der Waals surface area contributed by atoms with Gasteiger partial charge in [0.2, 0.25) is 0 Å². The lowest BCUT2D eigenvalue weighted by atomic mass is 10.2. The Morgan fingerprint density at radius 1 is 1.24 bits per heavy atom. The second-order valence-corrected chi connectivity index (χ2v) is 3.43. The van der Waals surface area contributed by atoms with Crippen molar-refractivity contribution >= 4 is 5.97 Å². The third-order valence-electron chi connectivity index (χ3n) is 2.19. The lowest BCUT2D eigenvalue weighted by Gasteiger charge is -2.05. The van der Waals surface area contributed by atoms with Crippen LogP contribution in [-0.2, 0) is 0 Å². The minimum Gasteiger partial charge on any atom is -0.508 e. The van der Waals surface area contributed by atoms with Gasteiger partial charge >= 0.3 is 5.97 Å². The molecule has 0 fully saturated rings. The second-order valence-electron chi connectivity index (χ2n) is 3.43. The number of aryl methyl sites for hydroxylation is 1. The minimum absolute atomic E-state index is 0.0720. The average Bonchev–Trinajstić information content (AvgIpc) is 2.40. The lowest BCUT2D eigenvalue weighted by molar-refractivity contribution is 0.0734. The van der Waals surface area contributed by atoms with Crippen molar-refractivity contribution in [1.82, 2.24) is 0 Å². The van der Waals surface area contributed by atoms with Gasteiger partial charge in [-0.1, -0.05) is 18.2 Å². The summed E-state index contributed by atoms with van der Waals surface area (Å²) in [5.74, 6) is -0.875. The standard InChI is InChI=1S/C14H12O3/c1-10-9-12(7-8-13(10)15)17-14(16)11-5-3-2-4-6-11/h2-9,15H,1H3/i1D3. The highest BCUT2D eigenvalue weighted by Gasteiger charge is 2.08.